The molecule has 1 aromatic carbocycles. The van der Waals surface area contributed by atoms with E-state index in [1.54, 1.807) is 0 Å². The predicted molar refractivity (Wildman–Crippen MR) is 86.9 cm³/mol. The highest BCUT2D eigenvalue weighted by Gasteiger charge is 2.15. The molecule has 0 atom stereocenters. The minimum Gasteiger partial charge on any atom is -0.320 e. The van der Waals surface area contributed by atoms with E-state index < -0.39 is 5.91 Å². The van der Waals surface area contributed by atoms with Crippen LogP contribution in [0.2, 0.25) is 10.4 Å². The number of aromatic nitrogens is 2. The number of carbonyl (C=O) groups excluding carboxylic acids is 1. The van der Waals surface area contributed by atoms with E-state index in [-0.39, 0.29) is 16.0 Å². The number of para-hydroxylation sites is 1. The molecular weight excluding hydrogens is 468 g/mol. The molecule has 0 bridgehead atoms. The minimum atomic E-state index is -0.397. The summed E-state index contributed by atoms with van der Waals surface area (Å²) in [6, 6.07) is 5.58. The molecule has 0 aliphatic heterocycles. The molecule has 0 saturated heterocycles. The number of hydrogen-bond acceptors (Lipinski definition) is 3. The summed E-state index contributed by atoms with van der Waals surface area (Å²) in [7, 11) is 0. The standard InChI is InChI=1S/C11H5BrCl2IN3O/c12-6-2-1-3-7(15)8(6)17-10(19)5-4-16-11(14)18-9(5)13/h1-4H,(H,17,19). The van der Waals surface area contributed by atoms with Crippen molar-refractivity contribution >= 4 is 73.3 Å². The highest BCUT2D eigenvalue weighted by atomic mass is 127. The van der Waals surface area contributed by atoms with Gasteiger partial charge in [0, 0.05) is 14.2 Å². The highest BCUT2D eigenvalue weighted by Crippen LogP contribution is 2.28. The molecule has 0 aliphatic rings. The summed E-state index contributed by atoms with van der Waals surface area (Å²) in [5, 5.41) is 2.76. The number of nitrogens with zero attached hydrogens (tertiary/aromatic N) is 2. The zero-order valence-corrected chi connectivity index (χ0v) is 14.4. The lowest BCUT2D eigenvalue weighted by Crippen LogP contribution is -2.14. The quantitative estimate of drug-likeness (QED) is 0.400. The maximum atomic E-state index is 12.1. The Morgan fingerprint density at radius 1 is 1.37 bits per heavy atom. The second kappa shape index (κ2) is 6.34. The van der Waals surface area contributed by atoms with Crippen LogP contribution in [0.1, 0.15) is 10.4 Å². The summed E-state index contributed by atoms with van der Waals surface area (Å²) in [6.45, 7) is 0. The summed E-state index contributed by atoms with van der Waals surface area (Å²) in [6.07, 6.45) is 1.29. The average molecular weight is 473 g/mol. The summed E-state index contributed by atoms with van der Waals surface area (Å²) in [5.74, 6) is -0.397. The molecule has 0 unspecified atom stereocenters. The molecule has 0 spiro atoms. The van der Waals surface area contributed by atoms with Crippen molar-refractivity contribution < 1.29 is 4.79 Å². The number of rotatable bonds is 2. The van der Waals surface area contributed by atoms with E-state index in [0.29, 0.717) is 5.69 Å². The van der Waals surface area contributed by atoms with E-state index in [2.05, 4.69) is 53.8 Å². The number of halogens is 4. The molecule has 2 aromatic rings. The van der Waals surface area contributed by atoms with Crippen molar-refractivity contribution in [3.05, 3.63) is 48.4 Å². The van der Waals surface area contributed by atoms with E-state index in [1.165, 1.54) is 6.20 Å². The second-order valence-corrected chi connectivity index (χ2v) is 6.11. The van der Waals surface area contributed by atoms with Gasteiger partial charge in [0.15, 0.2) is 0 Å². The van der Waals surface area contributed by atoms with Gasteiger partial charge in [0.2, 0.25) is 5.28 Å². The summed E-state index contributed by atoms with van der Waals surface area (Å²) in [5.41, 5.74) is 0.830. The van der Waals surface area contributed by atoms with Gasteiger partial charge in [-0.2, -0.15) is 0 Å². The number of carbonyl (C=O) groups is 1. The van der Waals surface area contributed by atoms with Gasteiger partial charge in [-0.1, -0.05) is 17.7 Å². The minimum absolute atomic E-state index is 0.00276. The van der Waals surface area contributed by atoms with Crippen LogP contribution in [-0.2, 0) is 0 Å². The van der Waals surface area contributed by atoms with Crippen molar-refractivity contribution in [3.8, 4) is 0 Å². The van der Waals surface area contributed by atoms with Gasteiger partial charge in [-0.25, -0.2) is 9.97 Å². The molecular formula is C11H5BrCl2IN3O. The number of hydrogen-bond donors (Lipinski definition) is 1. The Morgan fingerprint density at radius 3 is 2.74 bits per heavy atom. The van der Waals surface area contributed by atoms with Gasteiger partial charge in [-0.05, 0) is 62.3 Å². The van der Waals surface area contributed by atoms with E-state index in [0.717, 1.165) is 8.04 Å². The highest BCUT2D eigenvalue weighted by molar-refractivity contribution is 14.1. The van der Waals surface area contributed by atoms with Crippen LogP contribution in [0.4, 0.5) is 5.69 Å². The Bertz CT molecular complexity index is 634. The number of nitrogens with one attached hydrogen (secondary N) is 1. The molecule has 4 nitrogen and oxygen atoms in total. The maximum Gasteiger partial charge on any atom is 0.260 e. The van der Waals surface area contributed by atoms with Gasteiger partial charge < -0.3 is 5.32 Å². The molecule has 0 aliphatic carbocycles. The van der Waals surface area contributed by atoms with Crippen molar-refractivity contribution in [3.63, 3.8) is 0 Å². The lowest BCUT2D eigenvalue weighted by atomic mass is 10.3. The predicted octanol–water partition coefficient (Wildman–Crippen LogP) is 4.40. The molecule has 1 amide bonds. The van der Waals surface area contributed by atoms with Crippen molar-refractivity contribution in [2.45, 2.75) is 0 Å². The first kappa shape index (κ1) is 15.0. The third-order valence-electron chi connectivity index (χ3n) is 2.16. The van der Waals surface area contributed by atoms with Crippen molar-refractivity contribution in [2.75, 3.05) is 5.32 Å². The van der Waals surface area contributed by atoms with Crippen molar-refractivity contribution in [1.82, 2.24) is 9.97 Å². The normalized spacial score (nSPS) is 10.3. The first-order valence-electron chi connectivity index (χ1n) is 4.92. The van der Waals surface area contributed by atoms with Crippen LogP contribution in [0.5, 0.6) is 0 Å². The second-order valence-electron chi connectivity index (χ2n) is 3.39. The Labute approximate surface area is 141 Å². The fourth-order valence-corrected chi connectivity index (χ4v) is 3.15. The molecule has 1 heterocycles. The van der Waals surface area contributed by atoms with Crippen molar-refractivity contribution in [1.29, 1.82) is 0 Å². The fraction of sp³-hybridized carbons (Fsp3) is 0. The first-order valence-corrected chi connectivity index (χ1v) is 7.55. The van der Waals surface area contributed by atoms with Gasteiger partial charge in [0.1, 0.15) is 5.15 Å². The smallest absolute Gasteiger partial charge is 0.260 e. The summed E-state index contributed by atoms with van der Waals surface area (Å²) < 4.78 is 1.67. The number of anilines is 1. The molecule has 0 fully saturated rings. The lowest BCUT2D eigenvalue weighted by molar-refractivity contribution is 0.102. The van der Waals surface area contributed by atoms with E-state index in [4.69, 9.17) is 23.2 Å². The molecule has 1 aromatic heterocycles. The number of amides is 1. The third-order valence-corrected chi connectivity index (χ3v) is 4.19. The number of benzene rings is 1. The SMILES string of the molecule is O=C(Nc1c(Br)cccc1I)c1cnc(Cl)nc1Cl. The van der Waals surface area contributed by atoms with Gasteiger partial charge in [0.25, 0.3) is 5.91 Å². The fourth-order valence-electron chi connectivity index (χ4n) is 1.29. The van der Waals surface area contributed by atoms with Gasteiger partial charge in [-0.15, -0.1) is 0 Å². The largest absolute Gasteiger partial charge is 0.320 e. The average Bonchev–Trinajstić information content (AvgIpc) is 2.33. The zero-order chi connectivity index (χ0) is 14.0. The van der Waals surface area contributed by atoms with Crippen LogP contribution in [0.15, 0.2) is 28.9 Å². The molecule has 98 valence electrons. The van der Waals surface area contributed by atoms with Gasteiger partial charge in [0.05, 0.1) is 11.3 Å². The van der Waals surface area contributed by atoms with Crippen molar-refractivity contribution in [2.24, 2.45) is 0 Å². The van der Waals surface area contributed by atoms with Crippen LogP contribution in [-0.4, -0.2) is 15.9 Å². The van der Waals surface area contributed by atoms with Crippen LogP contribution < -0.4 is 5.32 Å². The Balaban J connectivity index is 2.31. The van der Waals surface area contributed by atoms with Crippen LogP contribution in [0.25, 0.3) is 0 Å². The molecule has 8 heteroatoms. The Kier molecular flexibility index (Phi) is 4.99. The van der Waals surface area contributed by atoms with Crippen LogP contribution in [0.3, 0.4) is 0 Å². The van der Waals surface area contributed by atoms with Gasteiger partial charge in [-0.3, -0.25) is 4.79 Å². The van der Waals surface area contributed by atoms with Gasteiger partial charge >= 0.3 is 0 Å². The summed E-state index contributed by atoms with van der Waals surface area (Å²) in [4.78, 5) is 19.6. The van der Waals surface area contributed by atoms with Crippen LogP contribution >= 0.6 is 61.7 Å². The topological polar surface area (TPSA) is 54.9 Å². The zero-order valence-electron chi connectivity index (χ0n) is 9.12. The van der Waals surface area contributed by atoms with E-state index in [1.807, 2.05) is 18.2 Å². The molecule has 19 heavy (non-hydrogen) atoms. The molecule has 2 rings (SSSR count). The Morgan fingerprint density at radius 2 is 2.11 bits per heavy atom. The Hall–Kier alpha value is -0.440. The molecule has 0 radical (unpaired) electrons. The van der Waals surface area contributed by atoms with E-state index in [9.17, 15) is 4.79 Å². The molecule has 0 saturated carbocycles. The maximum absolute atomic E-state index is 12.1. The first-order chi connectivity index (χ1) is 8.99. The van der Waals surface area contributed by atoms with Crippen LogP contribution in [0, 0.1) is 3.57 Å². The van der Waals surface area contributed by atoms with E-state index >= 15 is 0 Å². The monoisotopic (exact) mass is 471 g/mol. The molecule has 1 N–H and O–H groups in total. The summed E-state index contributed by atoms with van der Waals surface area (Å²) >= 11 is 16.9. The lowest BCUT2D eigenvalue weighted by Gasteiger charge is -2.09. The third kappa shape index (κ3) is 3.56.